The highest BCUT2D eigenvalue weighted by atomic mass is 16.4. The molecule has 0 spiro atoms. The third-order valence-corrected chi connectivity index (χ3v) is 11.9. The van der Waals surface area contributed by atoms with Gasteiger partial charge in [-0.3, -0.25) is 24.0 Å². The van der Waals surface area contributed by atoms with E-state index in [1.54, 1.807) is 12.1 Å². The molecule has 0 aromatic heterocycles. The molecule has 5 rings (SSSR count). The third-order valence-electron chi connectivity index (χ3n) is 11.9. The van der Waals surface area contributed by atoms with Gasteiger partial charge in [0.1, 0.15) is 29.4 Å². The maximum absolute atomic E-state index is 14.5. The Labute approximate surface area is 368 Å². The van der Waals surface area contributed by atoms with Gasteiger partial charge in [-0.25, -0.2) is 4.79 Å². The second kappa shape index (κ2) is 22.3. The number of ketones is 3. The number of amides is 2. The number of benzene rings is 4. The second-order valence-electron chi connectivity index (χ2n) is 16.8. The smallest absolute Gasteiger partial charge is 0.326 e. The maximum Gasteiger partial charge on any atom is 0.326 e. The quantitative estimate of drug-likeness (QED) is 0.0456. The van der Waals surface area contributed by atoms with E-state index in [4.69, 9.17) is 11.5 Å². The number of hydrogen-bond acceptors (Lipinski definition) is 10. The maximum atomic E-state index is 14.5. The normalized spacial score (nSPS) is 17.5. The molecule has 0 fully saturated rings. The van der Waals surface area contributed by atoms with Crippen LogP contribution >= 0.6 is 0 Å². The number of carboxylic acid groups (broad SMARTS) is 1. The van der Waals surface area contributed by atoms with Crippen LogP contribution in [0.5, 0.6) is 11.5 Å². The zero-order chi connectivity index (χ0) is 45.8. The van der Waals surface area contributed by atoms with Crippen LogP contribution in [0, 0.1) is 11.8 Å². The molecular formula is C50H60N4O9. The summed E-state index contributed by atoms with van der Waals surface area (Å²) in [6.07, 6.45) is 3.93. The lowest BCUT2D eigenvalue weighted by atomic mass is 9.87. The van der Waals surface area contributed by atoms with Crippen LogP contribution in [-0.2, 0) is 36.8 Å². The summed E-state index contributed by atoms with van der Waals surface area (Å²) < 4.78 is 0. The van der Waals surface area contributed by atoms with E-state index in [2.05, 4.69) is 36.5 Å². The Morgan fingerprint density at radius 3 is 2.10 bits per heavy atom. The first kappa shape index (κ1) is 47.9. The van der Waals surface area contributed by atoms with Crippen molar-refractivity contribution >= 4 is 35.1 Å². The molecule has 13 heteroatoms. The van der Waals surface area contributed by atoms with Crippen molar-refractivity contribution in [3.63, 3.8) is 0 Å². The lowest BCUT2D eigenvalue weighted by Crippen LogP contribution is -2.46. The molecule has 63 heavy (non-hydrogen) atoms. The predicted molar refractivity (Wildman–Crippen MR) is 241 cm³/mol. The van der Waals surface area contributed by atoms with Crippen LogP contribution < -0.4 is 16.8 Å². The molecule has 0 aliphatic carbocycles. The van der Waals surface area contributed by atoms with Gasteiger partial charge in [-0.15, -0.1) is 0 Å². The lowest BCUT2D eigenvalue weighted by molar-refractivity contribution is -0.144. The zero-order valence-electron chi connectivity index (χ0n) is 36.3. The summed E-state index contributed by atoms with van der Waals surface area (Å²) in [6, 6.07) is 20.7. The van der Waals surface area contributed by atoms with E-state index in [-0.39, 0.29) is 72.5 Å². The van der Waals surface area contributed by atoms with Gasteiger partial charge >= 0.3 is 5.97 Å². The highest BCUT2D eigenvalue weighted by molar-refractivity contribution is 5.98. The molecule has 1 aliphatic rings. The number of hydrogen-bond donors (Lipinski definition) is 6. The molecule has 0 saturated heterocycles. The van der Waals surface area contributed by atoms with Crippen molar-refractivity contribution in [2.24, 2.45) is 23.3 Å². The molecule has 4 aromatic rings. The number of nitrogens with zero attached hydrogens (tertiary/aromatic N) is 1. The Morgan fingerprint density at radius 1 is 0.825 bits per heavy atom. The number of aromatic hydroxyl groups is 2. The van der Waals surface area contributed by atoms with Crippen molar-refractivity contribution in [2.45, 2.75) is 103 Å². The fourth-order valence-electron chi connectivity index (χ4n) is 8.09. The number of phenols is 2. The Hall–Kier alpha value is -6.18. The van der Waals surface area contributed by atoms with E-state index in [0.717, 1.165) is 30.4 Å². The summed E-state index contributed by atoms with van der Waals surface area (Å²) in [4.78, 5) is 82.5. The summed E-state index contributed by atoms with van der Waals surface area (Å²) in [5, 5.41) is 34.3. The van der Waals surface area contributed by atoms with Gasteiger partial charge in [-0.2, -0.15) is 0 Å². The van der Waals surface area contributed by atoms with E-state index in [9.17, 15) is 44.1 Å². The number of carboxylic acids is 1. The topological polar surface area (TPSA) is 230 Å². The standard InChI is InChI=1S/C50H60N4O9/c1-4-5-8-31-10-13-33(14-11-31)34-15-17-35(18-16-34)42(55)23-20-40(52)45(58)29-37(9-6-7-24-51)49(61)54(3)47-36-19-22-44(57)39(28-36)38-26-32(12-21-43(38)56)27-41(50(62)63)53-48(60)30(2)25-46(47)59/h10-19,21-22,26,28,30,37,40-41,47,56-57H,4-9,20,23-25,27,29,51-52H2,1-3H3,(H,53,60)(H,62,63)/t30-,37-,40-,41+,47+/m1/s1. The summed E-state index contributed by atoms with van der Waals surface area (Å²) in [6.45, 7) is 4.01. The van der Waals surface area contributed by atoms with E-state index in [1.165, 1.54) is 60.8 Å². The van der Waals surface area contributed by atoms with Crippen LogP contribution in [-0.4, -0.2) is 81.0 Å². The Morgan fingerprint density at radius 2 is 1.46 bits per heavy atom. The molecule has 4 bridgehead atoms. The Balaban J connectivity index is 1.34. The molecule has 0 radical (unpaired) electrons. The lowest BCUT2D eigenvalue weighted by Gasteiger charge is -2.32. The van der Waals surface area contributed by atoms with Gasteiger partial charge in [0.05, 0.1) is 6.04 Å². The van der Waals surface area contributed by atoms with Crippen LogP contribution in [0.1, 0.15) is 105 Å². The average molecular weight is 861 g/mol. The summed E-state index contributed by atoms with van der Waals surface area (Å²) >= 11 is 0. The van der Waals surface area contributed by atoms with Crippen molar-refractivity contribution in [1.82, 2.24) is 10.2 Å². The Bertz CT molecular complexity index is 2270. The molecule has 1 aliphatic heterocycles. The van der Waals surface area contributed by atoms with E-state index >= 15 is 0 Å². The van der Waals surface area contributed by atoms with Gasteiger partial charge < -0.3 is 37.0 Å². The molecule has 5 atom stereocenters. The number of phenolic OH excluding ortho intramolecular Hbond substituents is 2. The molecule has 334 valence electrons. The van der Waals surface area contributed by atoms with E-state index < -0.39 is 59.3 Å². The predicted octanol–water partition coefficient (Wildman–Crippen LogP) is 6.69. The van der Waals surface area contributed by atoms with E-state index in [1.807, 2.05) is 12.1 Å². The minimum Gasteiger partial charge on any atom is -0.507 e. The number of fused-ring (bicyclic) bond motifs is 5. The Kier molecular flexibility index (Phi) is 16.9. The number of carbonyl (C=O) groups is 6. The van der Waals surface area contributed by atoms with Crippen LogP contribution in [0.25, 0.3) is 22.3 Å². The first-order valence-electron chi connectivity index (χ1n) is 21.8. The molecule has 1 heterocycles. The van der Waals surface area contributed by atoms with Crippen molar-refractivity contribution in [3.05, 3.63) is 107 Å². The minimum absolute atomic E-state index is 0.0151. The van der Waals surface area contributed by atoms with Gasteiger partial charge in [0, 0.05) is 61.3 Å². The molecule has 4 aromatic carbocycles. The number of unbranched alkanes of at least 4 members (excludes halogenated alkanes) is 2. The van der Waals surface area contributed by atoms with Crippen molar-refractivity contribution < 1.29 is 44.1 Å². The van der Waals surface area contributed by atoms with Gasteiger partial charge in [-0.05, 0) is 90.7 Å². The van der Waals surface area contributed by atoms with Crippen molar-refractivity contribution in [2.75, 3.05) is 13.6 Å². The van der Waals surface area contributed by atoms with Crippen LogP contribution in [0.4, 0.5) is 0 Å². The number of likely N-dealkylation sites (N-methyl/N-ethyl adjacent to an activating group) is 1. The SMILES string of the molecule is CCCCc1ccc(-c2ccc(C(=O)CC[C@@H](N)C(=O)C[C@@H](CCCCN)C(=O)N(C)[C@@H]3C(=O)C[C@@H](C)C(=O)N[C@H](C(=O)O)Cc4ccc(O)c(c4)-c4cc3ccc4O)cc2)cc1. The summed E-state index contributed by atoms with van der Waals surface area (Å²) in [7, 11) is 1.43. The van der Waals surface area contributed by atoms with Gasteiger partial charge in [0.2, 0.25) is 11.8 Å². The number of rotatable bonds is 18. The van der Waals surface area contributed by atoms with E-state index in [0.29, 0.717) is 30.5 Å². The number of nitrogens with two attached hydrogens (primary N) is 2. The van der Waals surface area contributed by atoms with Gasteiger partial charge in [0.25, 0.3) is 0 Å². The second-order valence-corrected chi connectivity index (χ2v) is 16.8. The molecular weight excluding hydrogens is 801 g/mol. The fourth-order valence-corrected chi connectivity index (χ4v) is 8.09. The third kappa shape index (κ3) is 12.5. The highest BCUT2D eigenvalue weighted by Gasteiger charge is 2.36. The monoisotopic (exact) mass is 860 g/mol. The number of carbonyl (C=O) groups excluding carboxylic acids is 5. The molecule has 13 nitrogen and oxygen atoms in total. The largest absolute Gasteiger partial charge is 0.507 e. The number of Topliss-reactive ketones (excluding diaryl/α,β-unsaturated/α-hetero) is 3. The summed E-state index contributed by atoms with van der Waals surface area (Å²) in [5.74, 6) is -6.05. The number of nitrogens with one attached hydrogen (secondary N) is 1. The molecule has 2 amide bonds. The zero-order valence-corrected chi connectivity index (χ0v) is 36.3. The summed E-state index contributed by atoms with van der Waals surface area (Å²) in [5.41, 5.74) is 17.0. The van der Waals surface area contributed by atoms with Gasteiger partial charge in [-0.1, -0.05) is 87.4 Å². The van der Waals surface area contributed by atoms with Crippen LogP contribution in [0.2, 0.25) is 0 Å². The fraction of sp³-hybridized carbons (Fsp3) is 0.400. The highest BCUT2D eigenvalue weighted by Crippen LogP contribution is 2.39. The minimum atomic E-state index is -1.36. The molecule has 0 unspecified atom stereocenters. The van der Waals surface area contributed by atoms with Gasteiger partial charge in [0.15, 0.2) is 11.6 Å². The van der Waals surface area contributed by atoms with Crippen molar-refractivity contribution in [1.29, 1.82) is 0 Å². The first-order chi connectivity index (χ1) is 30.1. The molecule has 8 N–H and O–H groups in total. The van der Waals surface area contributed by atoms with Crippen LogP contribution in [0.15, 0.2) is 84.9 Å². The number of aryl methyl sites for hydroxylation is 1. The molecule has 0 saturated carbocycles. The first-order valence-corrected chi connectivity index (χ1v) is 21.8. The average Bonchev–Trinajstić information content (AvgIpc) is 3.27. The number of aliphatic carboxylic acids is 1. The van der Waals surface area contributed by atoms with Crippen molar-refractivity contribution in [3.8, 4) is 33.8 Å². The van der Waals surface area contributed by atoms with Crippen LogP contribution in [0.3, 0.4) is 0 Å².